The number of aromatic nitrogens is 2. The van der Waals surface area contributed by atoms with Gasteiger partial charge in [-0.1, -0.05) is 0 Å². The van der Waals surface area contributed by atoms with Crippen LogP contribution in [-0.2, 0) is 21.3 Å². The number of hydrogen-bond donors (Lipinski definition) is 0. The fourth-order valence-electron chi connectivity index (χ4n) is 3.06. The molecule has 10 nitrogen and oxygen atoms in total. The summed E-state index contributed by atoms with van der Waals surface area (Å²) in [5.74, 6) is 0.511. The molecule has 0 aliphatic carbocycles. The van der Waals surface area contributed by atoms with E-state index < -0.39 is 14.9 Å². The quantitative estimate of drug-likeness (QED) is 0.502. The summed E-state index contributed by atoms with van der Waals surface area (Å²) in [6.07, 6.45) is 0. The lowest BCUT2D eigenvalue weighted by atomic mass is 10.3. The molecule has 0 saturated carbocycles. The maximum absolute atomic E-state index is 12.6. The largest absolute Gasteiger partial charge is 0.492 e. The van der Waals surface area contributed by atoms with Gasteiger partial charge in [0.25, 0.3) is 0 Å². The van der Waals surface area contributed by atoms with Crippen molar-refractivity contribution < 1.29 is 22.8 Å². The molecule has 0 radical (unpaired) electrons. The highest BCUT2D eigenvalue weighted by molar-refractivity contribution is 7.89. The lowest BCUT2D eigenvalue weighted by Gasteiger charge is -2.26. The summed E-state index contributed by atoms with van der Waals surface area (Å²) < 4.78 is 38.9. The molecule has 3 rings (SSSR count). The topological polar surface area (TPSA) is 117 Å². The lowest BCUT2D eigenvalue weighted by molar-refractivity contribution is -0.386. The molecule has 2 aromatic rings. The molecule has 152 valence electrons. The number of sulfonamides is 1. The SMILES string of the molecule is Cc1nn(CCOc2ccc(S(=O)(=O)N3CCOCC3)cc2)c(C)c1[N+](=O)[O-]. The minimum absolute atomic E-state index is 0.0117. The van der Waals surface area contributed by atoms with Crippen molar-refractivity contribution in [2.24, 2.45) is 0 Å². The van der Waals surface area contributed by atoms with Crippen LogP contribution in [0.25, 0.3) is 0 Å². The Morgan fingerprint density at radius 2 is 1.86 bits per heavy atom. The highest BCUT2D eigenvalue weighted by atomic mass is 32.2. The van der Waals surface area contributed by atoms with Gasteiger partial charge in [0, 0.05) is 13.1 Å². The summed E-state index contributed by atoms with van der Waals surface area (Å²) in [4.78, 5) is 10.8. The molecule has 28 heavy (non-hydrogen) atoms. The standard InChI is InChI=1S/C17H22N4O6S/c1-13-17(21(22)23)14(2)20(18-13)9-12-27-15-3-5-16(6-4-15)28(24,25)19-7-10-26-11-8-19/h3-6H,7-12H2,1-2H3. The van der Waals surface area contributed by atoms with Gasteiger partial charge in [-0.25, -0.2) is 8.42 Å². The minimum Gasteiger partial charge on any atom is -0.492 e. The van der Waals surface area contributed by atoms with E-state index in [1.165, 1.54) is 21.1 Å². The second kappa shape index (κ2) is 8.25. The minimum atomic E-state index is -3.54. The Labute approximate surface area is 162 Å². The Bertz CT molecular complexity index is 949. The number of aryl methyl sites for hydroxylation is 1. The summed E-state index contributed by atoms with van der Waals surface area (Å²) in [6, 6.07) is 6.20. The van der Waals surface area contributed by atoms with Crippen LogP contribution < -0.4 is 4.74 Å². The number of nitrogens with zero attached hydrogens (tertiary/aromatic N) is 4. The Balaban J connectivity index is 1.61. The molecule has 1 fully saturated rings. The van der Waals surface area contributed by atoms with Gasteiger partial charge in [-0.3, -0.25) is 14.8 Å². The average molecular weight is 410 g/mol. The first-order valence-corrected chi connectivity index (χ1v) is 10.2. The predicted molar refractivity (Wildman–Crippen MR) is 99.9 cm³/mol. The third-order valence-corrected chi connectivity index (χ3v) is 6.44. The van der Waals surface area contributed by atoms with Gasteiger partial charge >= 0.3 is 5.69 Å². The van der Waals surface area contributed by atoms with E-state index in [1.54, 1.807) is 26.0 Å². The average Bonchev–Trinajstić information content (AvgIpc) is 2.96. The molecule has 1 aromatic heterocycles. The molecule has 1 aromatic carbocycles. The molecule has 2 heterocycles. The molecule has 0 unspecified atom stereocenters. The van der Waals surface area contributed by atoms with Crippen LogP contribution >= 0.6 is 0 Å². The Hall–Kier alpha value is -2.50. The zero-order valence-corrected chi connectivity index (χ0v) is 16.5. The first-order chi connectivity index (χ1) is 13.3. The van der Waals surface area contributed by atoms with Crippen molar-refractivity contribution in [2.75, 3.05) is 32.9 Å². The maximum Gasteiger partial charge on any atom is 0.312 e. The molecular formula is C17H22N4O6S. The Kier molecular flexibility index (Phi) is 5.96. The van der Waals surface area contributed by atoms with Gasteiger partial charge in [-0.15, -0.1) is 0 Å². The summed E-state index contributed by atoms with van der Waals surface area (Å²) in [7, 11) is -3.54. The monoisotopic (exact) mass is 410 g/mol. The van der Waals surface area contributed by atoms with Gasteiger partial charge in [-0.05, 0) is 38.1 Å². The van der Waals surface area contributed by atoms with Crippen molar-refractivity contribution in [3.05, 3.63) is 45.8 Å². The van der Waals surface area contributed by atoms with E-state index in [2.05, 4.69) is 5.10 Å². The Morgan fingerprint density at radius 1 is 1.21 bits per heavy atom. The van der Waals surface area contributed by atoms with Crippen LogP contribution in [0.4, 0.5) is 5.69 Å². The fraction of sp³-hybridized carbons (Fsp3) is 0.471. The van der Waals surface area contributed by atoms with Gasteiger partial charge in [0.2, 0.25) is 10.0 Å². The zero-order valence-electron chi connectivity index (χ0n) is 15.7. The molecule has 0 N–H and O–H groups in total. The van der Waals surface area contributed by atoms with Crippen LogP contribution in [0.2, 0.25) is 0 Å². The predicted octanol–water partition coefficient (Wildman–Crippen LogP) is 1.51. The number of rotatable bonds is 7. The normalized spacial score (nSPS) is 15.5. The van der Waals surface area contributed by atoms with E-state index in [-0.39, 0.29) is 17.2 Å². The third-order valence-electron chi connectivity index (χ3n) is 4.53. The third kappa shape index (κ3) is 4.16. The smallest absolute Gasteiger partial charge is 0.312 e. The first-order valence-electron chi connectivity index (χ1n) is 8.80. The van der Waals surface area contributed by atoms with Crippen LogP contribution in [0.15, 0.2) is 29.2 Å². The van der Waals surface area contributed by atoms with E-state index in [0.29, 0.717) is 50.0 Å². The Morgan fingerprint density at radius 3 is 2.43 bits per heavy atom. The molecule has 1 aliphatic heterocycles. The number of hydrogen-bond acceptors (Lipinski definition) is 7. The van der Waals surface area contributed by atoms with Gasteiger partial charge in [-0.2, -0.15) is 9.40 Å². The van der Waals surface area contributed by atoms with E-state index in [1.807, 2.05) is 0 Å². The molecule has 0 bridgehead atoms. The highest BCUT2D eigenvalue weighted by Crippen LogP contribution is 2.22. The second-order valence-corrected chi connectivity index (χ2v) is 8.27. The first kappa shape index (κ1) is 20.2. The number of morpholine rings is 1. The summed E-state index contributed by atoms with van der Waals surface area (Å²) in [5.41, 5.74) is 0.843. The molecular weight excluding hydrogens is 388 g/mol. The summed E-state index contributed by atoms with van der Waals surface area (Å²) in [5, 5.41) is 15.2. The van der Waals surface area contributed by atoms with Gasteiger partial charge < -0.3 is 9.47 Å². The van der Waals surface area contributed by atoms with E-state index in [0.717, 1.165) is 0 Å². The molecule has 11 heteroatoms. The van der Waals surface area contributed by atoms with Gasteiger partial charge in [0.15, 0.2) is 0 Å². The summed E-state index contributed by atoms with van der Waals surface area (Å²) >= 11 is 0. The van der Waals surface area contributed by atoms with Crippen molar-refractivity contribution in [1.82, 2.24) is 14.1 Å². The van der Waals surface area contributed by atoms with Crippen molar-refractivity contribution in [3.8, 4) is 5.75 Å². The number of benzene rings is 1. The number of nitro groups is 1. The lowest BCUT2D eigenvalue weighted by Crippen LogP contribution is -2.40. The van der Waals surface area contributed by atoms with Gasteiger partial charge in [0.1, 0.15) is 23.7 Å². The van der Waals surface area contributed by atoms with Crippen molar-refractivity contribution >= 4 is 15.7 Å². The van der Waals surface area contributed by atoms with E-state index >= 15 is 0 Å². The zero-order chi connectivity index (χ0) is 20.3. The highest BCUT2D eigenvalue weighted by Gasteiger charge is 2.26. The fourth-order valence-corrected chi connectivity index (χ4v) is 4.47. The van der Waals surface area contributed by atoms with Crippen LogP contribution in [0.3, 0.4) is 0 Å². The van der Waals surface area contributed by atoms with Crippen LogP contribution in [0.1, 0.15) is 11.4 Å². The molecule has 0 spiro atoms. The van der Waals surface area contributed by atoms with Crippen molar-refractivity contribution in [1.29, 1.82) is 0 Å². The molecule has 0 amide bonds. The van der Waals surface area contributed by atoms with E-state index in [9.17, 15) is 18.5 Å². The van der Waals surface area contributed by atoms with Crippen molar-refractivity contribution in [2.45, 2.75) is 25.3 Å². The second-order valence-electron chi connectivity index (χ2n) is 6.34. The molecule has 0 atom stereocenters. The maximum atomic E-state index is 12.6. The van der Waals surface area contributed by atoms with Crippen LogP contribution in [0, 0.1) is 24.0 Å². The molecule has 1 aliphatic rings. The van der Waals surface area contributed by atoms with E-state index in [4.69, 9.17) is 9.47 Å². The number of ether oxygens (including phenoxy) is 2. The summed E-state index contributed by atoms with van der Waals surface area (Å²) in [6.45, 7) is 5.29. The molecule has 1 saturated heterocycles. The van der Waals surface area contributed by atoms with Gasteiger partial charge in [0.05, 0.1) is 29.6 Å². The van der Waals surface area contributed by atoms with Crippen molar-refractivity contribution in [3.63, 3.8) is 0 Å². The van der Waals surface area contributed by atoms with Crippen LogP contribution in [0.5, 0.6) is 5.75 Å². The van der Waals surface area contributed by atoms with Crippen LogP contribution in [-0.4, -0.2) is 60.3 Å².